The van der Waals surface area contributed by atoms with Crippen molar-refractivity contribution in [2.24, 2.45) is 0 Å². The third-order valence-electron chi connectivity index (χ3n) is 6.32. The minimum Gasteiger partial charge on any atom is -0.478 e. The zero-order valence-corrected chi connectivity index (χ0v) is 20.4. The van der Waals surface area contributed by atoms with Gasteiger partial charge in [0, 0.05) is 43.7 Å². The smallest absolute Gasteiger partial charge is 0.434 e. The van der Waals surface area contributed by atoms with Crippen LogP contribution in [0.3, 0.4) is 0 Å². The van der Waals surface area contributed by atoms with Crippen LogP contribution in [0.5, 0.6) is 5.75 Å². The molecule has 8 nitrogen and oxygen atoms in total. The van der Waals surface area contributed by atoms with E-state index in [0.29, 0.717) is 24.5 Å². The van der Waals surface area contributed by atoms with Crippen molar-refractivity contribution in [3.8, 4) is 5.75 Å². The van der Waals surface area contributed by atoms with Gasteiger partial charge in [-0.1, -0.05) is 19.1 Å². The first kappa shape index (κ1) is 28.8. The average molecular weight is 542 g/mol. The van der Waals surface area contributed by atoms with Gasteiger partial charge in [0.2, 0.25) is 0 Å². The molecule has 2 heterocycles. The molecule has 2 aliphatic heterocycles. The molecule has 1 amide bonds. The molecule has 0 aromatic heterocycles. The minimum atomic E-state index is -5.79. The summed E-state index contributed by atoms with van der Waals surface area (Å²) < 4.78 is 91.1. The largest absolute Gasteiger partial charge is 0.478 e. The van der Waals surface area contributed by atoms with Crippen molar-refractivity contribution in [2.45, 2.75) is 56.8 Å². The van der Waals surface area contributed by atoms with Crippen molar-refractivity contribution in [2.75, 3.05) is 39.4 Å². The van der Waals surface area contributed by atoms with E-state index in [4.69, 9.17) is 9.47 Å². The fraction of sp³-hybridized carbons (Fsp3) is 0.652. The van der Waals surface area contributed by atoms with Crippen molar-refractivity contribution >= 4 is 12.1 Å². The number of hydrogen-bond acceptors (Lipinski definition) is 6. The minimum absolute atomic E-state index is 0.132. The van der Waals surface area contributed by atoms with Crippen molar-refractivity contribution in [1.82, 2.24) is 9.80 Å². The monoisotopic (exact) mass is 542 g/mol. The zero-order valence-electron chi connectivity index (χ0n) is 20.4. The maximum Gasteiger partial charge on any atom is 0.434 e. The number of ether oxygens (including phenoxy) is 3. The van der Waals surface area contributed by atoms with Crippen LogP contribution >= 0.6 is 0 Å². The summed E-state index contributed by atoms with van der Waals surface area (Å²) in [4.78, 5) is 26.2. The number of halogens is 6. The molecule has 0 aliphatic carbocycles. The second kappa shape index (κ2) is 10.2. The van der Waals surface area contributed by atoms with Gasteiger partial charge in [0.25, 0.3) is 6.10 Å². The molecule has 208 valence electrons. The number of carbonyl (C=O) groups excluding carboxylic acids is 1. The Morgan fingerprint density at radius 3 is 2.08 bits per heavy atom. The van der Waals surface area contributed by atoms with Crippen LogP contribution in [-0.2, 0) is 26.2 Å². The molecular formula is C23H28F6N2O6. The number of carboxylic acids is 1. The predicted octanol–water partition coefficient (Wildman–Crippen LogP) is 3.96. The summed E-state index contributed by atoms with van der Waals surface area (Å²) in [6, 6.07) is 5.41. The Balaban J connectivity index is 1.69. The Kier molecular flexibility index (Phi) is 7.94. The molecule has 0 bridgehead atoms. The van der Waals surface area contributed by atoms with Gasteiger partial charge in [0.15, 0.2) is 5.60 Å². The van der Waals surface area contributed by atoms with Crippen molar-refractivity contribution in [3.05, 3.63) is 29.3 Å². The Bertz CT molecular complexity index is 986. The van der Waals surface area contributed by atoms with Gasteiger partial charge in [-0.15, -0.1) is 0 Å². The lowest BCUT2D eigenvalue weighted by Gasteiger charge is -2.39. The summed E-state index contributed by atoms with van der Waals surface area (Å²) in [6.45, 7) is 5.98. The van der Waals surface area contributed by atoms with Crippen LogP contribution in [0.1, 0.15) is 31.9 Å². The van der Waals surface area contributed by atoms with E-state index in [9.17, 15) is 41.0 Å². The lowest BCUT2D eigenvalue weighted by Crippen LogP contribution is -2.52. The summed E-state index contributed by atoms with van der Waals surface area (Å²) in [5.41, 5.74) is -0.261. The molecule has 2 saturated heterocycles. The summed E-state index contributed by atoms with van der Waals surface area (Å²) >= 11 is 0. The summed E-state index contributed by atoms with van der Waals surface area (Å²) in [7, 11) is 0. The van der Waals surface area contributed by atoms with E-state index >= 15 is 0 Å². The Morgan fingerprint density at radius 2 is 1.62 bits per heavy atom. The van der Waals surface area contributed by atoms with Crippen molar-refractivity contribution in [3.63, 3.8) is 0 Å². The molecular weight excluding hydrogens is 514 g/mol. The van der Waals surface area contributed by atoms with Crippen LogP contribution in [0, 0.1) is 0 Å². The van der Waals surface area contributed by atoms with Crippen LogP contribution < -0.4 is 4.74 Å². The Morgan fingerprint density at radius 1 is 1.05 bits per heavy atom. The SMILES string of the molecule is CC(C)(Oc1cc(C2(C)COC2)ccc1CN1CCN(C(=O)OC(C(F)(F)F)C(F)(F)F)CC1)C(=O)O. The molecule has 0 radical (unpaired) electrons. The van der Waals surface area contributed by atoms with E-state index in [2.05, 4.69) is 4.74 Å². The summed E-state index contributed by atoms with van der Waals surface area (Å²) in [6.07, 6.45) is -17.5. The molecule has 2 fully saturated rings. The normalized spacial score (nSPS) is 18.9. The van der Waals surface area contributed by atoms with E-state index in [-0.39, 0.29) is 38.1 Å². The number of rotatable bonds is 7. The van der Waals surface area contributed by atoms with Gasteiger partial charge < -0.3 is 24.2 Å². The number of carboxylic acid groups (broad SMARTS) is 1. The second-order valence-electron chi connectivity index (χ2n) is 9.90. The van der Waals surface area contributed by atoms with Gasteiger partial charge in [-0.05, 0) is 25.5 Å². The molecule has 37 heavy (non-hydrogen) atoms. The molecule has 0 saturated carbocycles. The number of carbonyl (C=O) groups is 2. The highest BCUT2D eigenvalue weighted by atomic mass is 19.4. The molecule has 3 rings (SSSR count). The maximum absolute atomic E-state index is 12.7. The number of piperazine rings is 1. The third-order valence-corrected chi connectivity index (χ3v) is 6.32. The topological polar surface area (TPSA) is 88.5 Å². The third kappa shape index (κ3) is 6.78. The number of aliphatic carboxylic acids is 1. The standard InChI is InChI=1S/C23H28F6N2O6/c1-20(2,18(32)33)37-16-10-15(21(3)12-35-13-21)5-4-14(16)11-30-6-8-31(9-7-30)19(34)36-17(22(24,25)26)23(27,28)29/h4-5,10,17H,6-9,11-13H2,1-3H3,(H,32,33). The van der Waals surface area contributed by atoms with Crippen LogP contribution in [-0.4, -0.2) is 90.4 Å². The highest BCUT2D eigenvalue weighted by Crippen LogP contribution is 2.37. The van der Waals surface area contributed by atoms with E-state index in [1.165, 1.54) is 13.8 Å². The van der Waals surface area contributed by atoms with Gasteiger partial charge in [0.05, 0.1) is 13.2 Å². The Hall–Kier alpha value is -2.74. The van der Waals surface area contributed by atoms with Gasteiger partial charge >= 0.3 is 24.4 Å². The molecule has 0 unspecified atom stereocenters. The number of hydrogen-bond donors (Lipinski definition) is 1. The van der Waals surface area contributed by atoms with E-state index in [1.54, 1.807) is 12.1 Å². The van der Waals surface area contributed by atoms with E-state index in [0.717, 1.165) is 10.5 Å². The summed E-state index contributed by atoms with van der Waals surface area (Å²) in [5.74, 6) is -0.844. The Labute approximate surface area is 209 Å². The molecule has 14 heteroatoms. The molecule has 0 spiro atoms. The van der Waals surface area contributed by atoms with Gasteiger partial charge in [-0.25, -0.2) is 9.59 Å². The lowest BCUT2D eigenvalue weighted by atomic mass is 9.80. The van der Waals surface area contributed by atoms with Crippen molar-refractivity contribution < 1.29 is 55.2 Å². The maximum atomic E-state index is 12.7. The first-order valence-corrected chi connectivity index (χ1v) is 11.4. The molecule has 2 aliphatic rings. The molecule has 0 atom stereocenters. The fourth-order valence-corrected chi connectivity index (χ4v) is 3.87. The number of nitrogens with zero attached hydrogens (tertiary/aromatic N) is 2. The second-order valence-corrected chi connectivity index (χ2v) is 9.90. The van der Waals surface area contributed by atoms with Gasteiger partial charge in [-0.3, -0.25) is 4.90 Å². The van der Waals surface area contributed by atoms with E-state index < -0.39 is 36.1 Å². The fourth-order valence-electron chi connectivity index (χ4n) is 3.87. The highest BCUT2D eigenvalue weighted by molar-refractivity contribution is 5.77. The van der Waals surface area contributed by atoms with E-state index in [1.807, 2.05) is 17.9 Å². The summed E-state index contributed by atoms with van der Waals surface area (Å²) in [5, 5.41) is 9.50. The van der Waals surface area contributed by atoms with Gasteiger partial charge in [-0.2, -0.15) is 26.3 Å². The zero-order chi connectivity index (χ0) is 27.8. The van der Waals surface area contributed by atoms with Crippen molar-refractivity contribution in [1.29, 1.82) is 0 Å². The van der Waals surface area contributed by atoms with Crippen LogP contribution in [0.15, 0.2) is 18.2 Å². The van der Waals surface area contributed by atoms with Gasteiger partial charge in [0.1, 0.15) is 5.75 Å². The number of alkyl halides is 6. The first-order chi connectivity index (χ1) is 16.9. The number of benzene rings is 1. The van der Waals surface area contributed by atoms with Crippen LogP contribution in [0.25, 0.3) is 0 Å². The van der Waals surface area contributed by atoms with Crippen LogP contribution in [0.2, 0.25) is 0 Å². The average Bonchev–Trinajstić information content (AvgIpc) is 2.75. The first-order valence-electron chi connectivity index (χ1n) is 11.4. The molecule has 1 aromatic carbocycles. The molecule has 1 aromatic rings. The highest BCUT2D eigenvalue weighted by Gasteiger charge is 2.60. The lowest BCUT2D eigenvalue weighted by molar-refractivity contribution is -0.308. The number of amides is 1. The molecule has 1 N–H and O–H groups in total. The van der Waals surface area contributed by atoms with Crippen LogP contribution in [0.4, 0.5) is 31.1 Å². The predicted molar refractivity (Wildman–Crippen MR) is 116 cm³/mol. The quantitative estimate of drug-likeness (QED) is 0.522.